The monoisotopic (exact) mass is 510 g/mol. The van der Waals surface area contributed by atoms with Crippen molar-refractivity contribution in [1.29, 1.82) is 0 Å². The lowest BCUT2D eigenvalue weighted by Gasteiger charge is -2.08. The van der Waals surface area contributed by atoms with Gasteiger partial charge in [0, 0.05) is 12.8 Å². The van der Waals surface area contributed by atoms with Gasteiger partial charge in [-0.3, -0.25) is 9.59 Å². The van der Waals surface area contributed by atoms with E-state index in [1.54, 1.807) is 0 Å². The van der Waals surface area contributed by atoms with Crippen LogP contribution >= 0.6 is 0 Å². The maximum atomic E-state index is 13.3. The Morgan fingerprint density at radius 2 is 0.914 bits per heavy atom. The molecule has 9 heteroatoms. The van der Waals surface area contributed by atoms with E-state index in [1.165, 1.54) is 32.1 Å². The minimum absolute atomic E-state index is 0.146. The Hall–Kier alpha value is -2.19. The summed E-state index contributed by atoms with van der Waals surface area (Å²) >= 11 is 0. The predicted octanol–water partition coefficient (Wildman–Crippen LogP) is 8.64. The molecule has 1 rings (SSSR count). The molecular formula is C26H39F5O4. The Bertz CT molecular complexity index is 727. The van der Waals surface area contributed by atoms with Gasteiger partial charge in [0.05, 0.1) is 0 Å². The number of rotatable bonds is 17. The van der Waals surface area contributed by atoms with Crippen molar-refractivity contribution in [2.24, 2.45) is 0 Å². The first-order valence-electron chi connectivity index (χ1n) is 12.6. The zero-order chi connectivity index (χ0) is 26.6. The van der Waals surface area contributed by atoms with E-state index in [2.05, 4.69) is 18.6 Å². The number of ether oxygens (including phenoxy) is 1. The van der Waals surface area contributed by atoms with Gasteiger partial charge >= 0.3 is 11.9 Å². The van der Waals surface area contributed by atoms with Crippen LogP contribution in [0.5, 0.6) is 5.75 Å². The second-order valence-electron chi connectivity index (χ2n) is 8.51. The molecule has 4 nitrogen and oxygen atoms in total. The molecule has 0 radical (unpaired) electrons. The van der Waals surface area contributed by atoms with Crippen LogP contribution in [-0.2, 0) is 9.59 Å². The summed E-state index contributed by atoms with van der Waals surface area (Å²) < 4.78 is 69.7. The van der Waals surface area contributed by atoms with Crippen LogP contribution in [0.3, 0.4) is 0 Å². The van der Waals surface area contributed by atoms with Gasteiger partial charge in [0.15, 0.2) is 0 Å². The average Bonchev–Trinajstić information content (AvgIpc) is 2.83. The maximum Gasteiger partial charge on any atom is 0.311 e. The fraction of sp³-hybridized carbons (Fsp3) is 0.692. The maximum absolute atomic E-state index is 13.3. The van der Waals surface area contributed by atoms with Crippen LogP contribution in [0.2, 0.25) is 0 Å². The lowest BCUT2D eigenvalue weighted by atomic mass is 10.1. The fourth-order valence-electron chi connectivity index (χ4n) is 3.30. The molecule has 1 N–H and O–H groups in total. The normalized spacial score (nSPS) is 10.6. The van der Waals surface area contributed by atoms with Gasteiger partial charge in [-0.2, -0.15) is 8.78 Å². The Labute approximate surface area is 205 Å². The first-order valence-corrected chi connectivity index (χ1v) is 12.6. The van der Waals surface area contributed by atoms with Crippen molar-refractivity contribution in [3.8, 4) is 5.75 Å². The molecule has 0 fully saturated rings. The topological polar surface area (TPSA) is 63.6 Å². The van der Waals surface area contributed by atoms with Crippen LogP contribution in [0.4, 0.5) is 22.0 Å². The van der Waals surface area contributed by atoms with E-state index >= 15 is 0 Å². The number of unbranched alkanes of at least 4 members (excludes halogenated alkanes) is 12. The van der Waals surface area contributed by atoms with Crippen molar-refractivity contribution < 1.29 is 41.4 Å². The van der Waals surface area contributed by atoms with Crippen LogP contribution in [0.1, 0.15) is 117 Å². The summed E-state index contributed by atoms with van der Waals surface area (Å²) in [4.78, 5) is 21.6. The molecule has 0 bridgehead atoms. The molecule has 0 aliphatic heterocycles. The number of carboxylic acids is 1. The summed E-state index contributed by atoms with van der Waals surface area (Å²) in [5.74, 6) is -14.1. The van der Waals surface area contributed by atoms with Gasteiger partial charge in [-0.1, -0.05) is 90.9 Å². The molecule has 0 amide bonds. The van der Waals surface area contributed by atoms with E-state index in [0.717, 1.165) is 51.4 Å². The molecular weight excluding hydrogens is 471 g/mol. The Morgan fingerprint density at radius 1 is 0.571 bits per heavy atom. The molecule has 0 aromatic heterocycles. The molecule has 1 aromatic carbocycles. The lowest BCUT2D eigenvalue weighted by molar-refractivity contribution is -0.137. The van der Waals surface area contributed by atoms with Crippen molar-refractivity contribution in [2.45, 2.75) is 117 Å². The third-order valence-corrected chi connectivity index (χ3v) is 5.36. The first kappa shape index (κ1) is 32.8. The smallest absolute Gasteiger partial charge is 0.311 e. The molecule has 0 saturated carbocycles. The number of hydrogen-bond acceptors (Lipinski definition) is 3. The highest BCUT2D eigenvalue weighted by atomic mass is 19.2. The van der Waals surface area contributed by atoms with Gasteiger partial charge in [0.2, 0.25) is 34.8 Å². The minimum atomic E-state index is -2.29. The van der Waals surface area contributed by atoms with Crippen LogP contribution < -0.4 is 4.74 Å². The van der Waals surface area contributed by atoms with Gasteiger partial charge in [-0.25, -0.2) is 13.2 Å². The highest BCUT2D eigenvalue weighted by molar-refractivity contribution is 5.72. The van der Waals surface area contributed by atoms with Crippen molar-refractivity contribution in [1.82, 2.24) is 0 Å². The summed E-state index contributed by atoms with van der Waals surface area (Å²) in [5.41, 5.74) is 0. The highest BCUT2D eigenvalue weighted by Gasteiger charge is 2.28. The Balaban J connectivity index is 0.000000814. The first-order chi connectivity index (χ1) is 16.7. The number of carboxylic acid groups (broad SMARTS) is 1. The molecule has 0 spiro atoms. The fourth-order valence-corrected chi connectivity index (χ4v) is 3.30. The summed E-state index contributed by atoms with van der Waals surface area (Å²) in [7, 11) is 0. The summed E-state index contributed by atoms with van der Waals surface area (Å²) in [6, 6.07) is 0. The average molecular weight is 511 g/mol. The largest absolute Gasteiger partial charge is 0.481 e. The SMILES string of the molecule is CCCCCCCCCC(=O)O.CCCCCCCCCC(=O)Oc1c(F)c(F)c(F)c(F)c1F. The Morgan fingerprint density at radius 3 is 1.31 bits per heavy atom. The van der Waals surface area contributed by atoms with Crippen molar-refractivity contribution in [3.63, 3.8) is 0 Å². The molecule has 35 heavy (non-hydrogen) atoms. The number of benzene rings is 1. The molecule has 202 valence electrons. The molecule has 0 unspecified atom stereocenters. The van der Waals surface area contributed by atoms with E-state index in [9.17, 15) is 31.5 Å². The summed E-state index contributed by atoms with van der Waals surface area (Å²) in [6.45, 7) is 4.29. The van der Waals surface area contributed by atoms with E-state index in [0.29, 0.717) is 12.8 Å². The number of carbonyl (C=O) groups excluding carboxylic acids is 1. The molecule has 1 aromatic rings. The highest BCUT2D eigenvalue weighted by Crippen LogP contribution is 2.29. The van der Waals surface area contributed by atoms with E-state index in [4.69, 9.17) is 5.11 Å². The van der Waals surface area contributed by atoms with E-state index in [-0.39, 0.29) is 6.42 Å². The third kappa shape index (κ3) is 14.7. The van der Waals surface area contributed by atoms with Crippen LogP contribution in [-0.4, -0.2) is 17.0 Å². The van der Waals surface area contributed by atoms with Crippen molar-refractivity contribution in [2.75, 3.05) is 0 Å². The second-order valence-corrected chi connectivity index (χ2v) is 8.51. The lowest BCUT2D eigenvalue weighted by Crippen LogP contribution is -2.13. The molecule has 0 aliphatic rings. The zero-order valence-electron chi connectivity index (χ0n) is 20.9. The number of esters is 1. The predicted molar refractivity (Wildman–Crippen MR) is 125 cm³/mol. The number of aliphatic carboxylic acids is 1. The van der Waals surface area contributed by atoms with Crippen LogP contribution in [0.15, 0.2) is 0 Å². The van der Waals surface area contributed by atoms with E-state index in [1.807, 2.05) is 0 Å². The van der Waals surface area contributed by atoms with Gasteiger partial charge in [0.1, 0.15) is 0 Å². The molecule has 0 aliphatic carbocycles. The van der Waals surface area contributed by atoms with Crippen molar-refractivity contribution >= 4 is 11.9 Å². The van der Waals surface area contributed by atoms with Gasteiger partial charge < -0.3 is 9.84 Å². The number of carbonyl (C=O) groups is 2. The minimum Gasteiger partial charge on any atom is -0.481 e. The number of hydrogen-bond donors (Lipinski definition) is 1. The standard InChI is InChI=1S/C16H19F5O2.C10H20O2/c1-2-3-4-5-6-7-8-9-10(22)23-16-14(20)12(18)11(17)13(19)15(16)21;1-2-3-4-5-6-7-8-9-10(11)12/h2-9H2,1H3;2-9H2,1H3,(H,11,12). The molecule has 0 heterocycles. The zero-order valence-corrected chi connectivity index (χ0v) is 20.9. The second kappa shape index (κ2) is 20.0. The third-order valence-electron chi connectivity index (χ3n) is 5.36. The summed E-state index contributed by atoms with van der Waals surface area (Å²) in [6.07, 6.45) is 15.0. The van der Waals surface area contributed by atoms with Gasteiger partial charge in [-0.05, 0) is 12.8 Å². The molecule has 0 saturated heterocycles. The molecule has 0 atom stereocenters. The van der Waals surface area contributed by atoms with Gasteiger partial charge in [0.25, 0.3) is 0 Å². The Kier molecular flexibility index (Phi) is 18.8. The van der Waals surface area contributed by atoms with Crippen molar-refractivity contribution in [3.05, 3.63) is 29.1 Å². The van der Waals surface area contributed by atoms with E-state index < -0.39 is 46.8 Å². The van der Waals surface area contributed by atoms with Gasteiger partial charge in [-0.15, -0.1) is 0 Å². The summed E-state index contributed by atoms with van der Waals surface area (Å²) in [5, 5.41) is 8.35. The number of halogens is 5. The van der Waals surface area contributed by atoms with Crippen LogP contribution in [0.25, 0.3) is 0 Å². The quantitative estimate of drug-likeness (QED) is 0.0569. The van der Waals surface area contributed by atoms with Crippen LogP contribution in [0, 0.1) is 29.1 Å².